The molecule has 0 amide bonds. The first-order valence-electron chi connectivity index (χ1n) is 6.48. The maximum absolute atomic E-state index is 6.34. The molecule has 2 aromatic carbocycles. The van der Waals surface area contributed by atoms with Gasteiger partial charge in [0.25, 0.3) is 0 Å². The third-order valence-electron chi connectivity index (χ3n) is 3.30. The standard InChI is InChI=1S/C16H16Cl3N/c1-3-20-16(12-5-4-6-14(18)10(12)2)13-9-11(17)7-8-15(13)19/h4-9,16,20H,3H2,1-2H3. The summed E-state index contributed by atoms with van der Waals surface area (Å²) in [6.07, 6.45) is 0. The highest BCUT2D eigenvalue weighted by atomic mass is 35.5. The molecular formula is C16H16Cl3N. The fraction of sp³-hybridized carbons (Fsp3) is 0.250. The molecule has 1 atom stereocenters. The second-order valence-electron chi connectivity index (χ2n) is 4.61. The summed E-state index contributed by atoms with van der Waals surface area (Å²) in [7, 11) is 0. The molecular weight excluding hydrogens is 313 g/mol. The van der Waals surface area contributed by atoms with E-state index in [0.29, 0.717) is 10.0 Å². The summed E-state index contributed by atoms with van der Waals surface area (Å²) in [6, 6.07) is 11.4. The molecule has 1 unspecified atom stereocenters. The summed E-state index contributed by atoms with van der Waals surface area (Å²) in [5, 5.41) is 5.57. The van der Waals surface area contributed by atoms with Crippen LogP contribution in [-0.4, -0.2) is 6.54 Å². The van der Waals surface area contributed by atoms with Gasteiger partial charge in [0.05, 0.1) is 6.04 Å². The third-order valence-corrected chi connectivity index (χ3v) is 4.29. The quantitative estimate of drug-likeness (QED) is 0.764. The zero-order valence-corrected chi connectivity index (χ0v) is 13.7. The fourth-order valence-electron chi connectivity index (χ4n) is 2.26. The van der Waals surface area contributed by atoms with Crippen molar-refractivity contribution in [1.82, 2.24) is 5.32 Å². The van der Waals surface area contributed by atoms with Gasteiger partial charge in [0.2, 0.25) is 0 Å². The second kappa shape index (κ2) is 6.82. The fourth-order valence-corrected chi connectivity index (χ4v) is 2.85. The number of hydrogen-bond donors (Lipinski definition) is 1. The second-order valence-corrected chi connectivity index (χ2v) is 5.86. The van der Waals surface area contributed by atoms with E-state index >= 15 is 0 Å². The smallest absolute Gasteiger partial charge is 0.0595 e. The van der Waals surface area contributed by atoms with Gasteiger partial charge in [-0.05, 0) is 54.4 Å². The van der Waals surface area contributed by atoms with Crippen molar-refractivity contribution in [1.29, 1.82) is 0 Å². The minimum absolute atomic E-state index is 0.0232. The Morgan fingerprint density at radius 2 is 1.75 bits per heavy atom. The van der Waals surface area contributed by atoms with Crippen LogP contribution in [0.3, 0.4) is 0 Å². The normalized spacial score (nSPS) is 12.4. The van der Waals surface area contributed by atoms with Crippen molar-refractivity contribution in [3.05, 3.63) is 68.2 Å². The minimum atomic E-state index is -0.0232. The van der Waals surface area contributed by atoms with Crippen molar-refractivity contribution in [2.24, 2.45) is 0 Å². The molecule has 0 spiro atoms. The van der Waals surface area contributed by atoms with Crippen LogP contribution in [0.25, 0.3) is 0 Å². The Kier molecular flexibility index (Phi) is 5.34. The molecule has 0 aliphatic heterocycles. The Balaban J connectivity index is 2.56. The average molecular weight is 329 g/mol. The van der Waals surface area contributed by atoms with Gasteiger partial charge in [0.15, 0.2) is 0 Å². The highest BCUT2D eigenvalue weighted by molar-refractivity contribution is 6.33. The van der Waals surface area contributed by atoms with E-state index in [9.17, 15) is 0 Å². The Bertz CT molecular complexity index is 609. The van der Waals surface area contributed by atoms with Crippen molar-refractivity contribution in [2.45, 2.75) is 19.9 Å². The van der Waals surface area contributed by atoms with Gasteiger partial charge in [0.1, 0.15) is 0 Å². The molecule has 4 heteroatoms. The number of benzene rings is 2. The molecule has 0 aliphatic carbocycles. The molecule has 106 valence electrons. The molecule has 0 saturated heterocycles. The lowest BCUT2D eigenvalue weighted by Crippen LogP contribution is -2.23. The first kappa shape index (κ1) is 15.7. The van der Waals surface area contributed by atoms with Gasteiger partial charge >= 0.3 is 0 Å². The van der Waals surface area contributed by atoms with Crippen LogP contribution in [0, 0.1) is 6.92 Å². The number of halogens is 3. The van der Waals surface area contributed by atoms with Crippen LogP contribution >= 0.6 is 34.8 Å². The van der Waals surface area contributed by atoms with Crippen molar-refractivity contribution < 1.29 is 0 Å². The van der Waals surface area contributed by atoms with Gasteiger partial charge in [0, 0.05) is 15.1 Å². The van der Waals surface area contributed by atoms with Crippen LogP contribution in [0.2, 0.25) is 15.1 Å². The van der Waals surface area contributed by atoms with Crippen molar-refractivity contribution in [2.75, 3.05) is 6.54 Å². The van der Waals surface area contributed by atoms with Gasteiger partial charge < -0.3 is 5.32 Å². The molecule has 0 fully saturated rings. The van der Waals surface area contributed by atoms with E-state index in [1.165, 1.54) is 0 Å². The minimum Gasteiger partial charge on any atom is -0.306 e. The van der Waals surface area contributed by atoms with E-state index in [1.807, 2.05) is 31.2 Å². The molecule has 0 saturated carbocycles. The zero-order chi connectivity index (χ0) is 14.7. The number of hydrogen-bond acceptors (Lipinski definition) is 1. The first-order valence-corrected chi connectivity index (χ1v) is 7.61. The van der Waals surface area contributed by atoms with Crippen molar-refractivity contribution in [3.63, 3.8) is 0 Å². The van der Waals surface area contributed by atoms with E-state index in [4.69, 9.17) is 34.8 Å². The molecule has 0 radical (unpaired) electrons. The van der Waals surface area contributed by atoms with E-state index in [-0.39, 0.29) is 6.04 Å². The lowest BCUT2D eigenvalue weighted by atomic mass is 9.95. The maximum Gasteiger partial charge on any atom is 0.0595 e. The van der Waals surface area contributed by atoms with Crippen LogP contribution in [0.5, 0.6) is 0 Å². The summed E-state index contributed by atoms with van der Waals surface area (Å²) in [5.74, 6) is 0. The molecule has 0 aliphatic rings. The molecule has 1 nitrogen and oxygen atoms in total. The lowest BCUT2D eigenvalue weighted by molar-refractivity contribution is 0.628. The van der Waals surface area contributed by atoms with Crippen LogP contribution in [0.4, 0.5) is 0 Å². The molecule has 0 bridgehead atoms. The molecule has 20 heavy (non-hydrogen) atoms. The predicted molar refractivity (Wildman–Crippen MR) is 88.2 cm³/mol. The van der Waals surface area contributed by atoms with Gasteiger partial charge in [-0.2, -0.15) is 0 Å². The SMILES string of the molecule is CCNC(c1cc(Cl)ccc1Cl)c1cccc(Cl)c1C. The van der Waals surface area contributed by atoms with Gasteiger partial charge in [-0.3, -0.25) is 0 Å². The Morgan fingerprint density at radius 3 is 2.45 bits per heavy atom. The third kappa shape index (κ3) is 3.29. The Hall–Kier alpha value is -0.730. The highest BCUT2D eigenvalue weighted by Gasteiger charge is 2.19. The summed E-state index contributed by atoms with van der Waals surface area (Å²) in [4.78, 5) is 0. The Labute approximate surface area is 134 Å². The summed E-state index contributed by atoms with van der Waals surface area (Å²) >= 11 is 18.7. The molecule has 1 N–H and O–H groups in total. The zero-order valence-electron chi connectivity index (χ0n) is 11.4. The predicted octanol–water partition coefficient (Wildman–Crippen LogP) is 5.65. The summed E-state index contributed by atoms with van der Waals surface area (Å²) in [5.41, 5.74) is 3.13. The Morgan fingerprint density at radius 1 is 1.00 bits per heavy atom. The van der Waals surface area contributed by atoms with E-state index < -0.39 is 0 Å². The monoisotopic (exact) mass is 327 g/mol. The van der Waals surface area contributed by atoms with Crippen LogP contribution < -0.4 is 5.32 Å². The summed E-state index contributed by atoms with van der Waals surface area (Å²) in [6.45, 7) is 4.89. The van der Waals surface area contributed by atoms with E-state index in [2.05, 4.69) is 18.3 Å². The van der Waals surface area contributed by atoms with Crippen LogP contribution in [0.15, 0.2) is 36.4 Å². The van der Waals surface area contributed by atoms with Crippen LogP contribution in [-0.2, 0) is 0 Å². The average Bonchev–Trinajstić information content (AvgIpc) is 2.43. The lowest BCUT2D eigenvalue weighted by Gasteiger charge is -2.22. The molecule has 0 heterocycles. The topological polar surface area (TPSA) is 12.0 Å². The molecule has 2 rings (SSSR count). The highest BCUT2D eigenvalue weighted by Crippen LogP contribution is 2.33. The summed E-state index contributed by atoms with van der Waals surface area (Å²) < 4.78 is 0. The first-order chi connectivity index (χ1) is 9.54. The van der Waals surface area contributed by atoms with E-state index in [0.717, 1.165) is 28.3 Å². The van der Waals surface area contributed by atoms with Gasteiger partial charge in [-0.1, -0.05) is 53.9 Å². The van der Waals surface area contributed by atoms with Crippen LogP contribution in [0.1, 0.15) is 29.7 Å². The van der Waals surface area contributed by atoms with Gasteiger partial charge in [-0.15, -0.1) is 0 Å². The maximum atomic E-state index is 6.34. The number of nitrogens with one attached hydrogen (secondary N) is 1. The van der Waals surface area contributed by atoms with Crippen molar-refractivity contribution >= 4 is 34.8 Å². The van der Waals surface area contributed by atoms with Crippen molar-refractivity contribution in [3.8, 4) is 0 Å². The number of rotatable bonds is 4. The largest absolute Gasteiger partial charge is 0.306 e. The molecule has 0 aromatic heterocycles. The molecule has 2 aromatic rings. The van der Waals surface area contributed by atoms with Gasteiger partial charge in [-0.25, -0.2) is 0 Å². The van der Waals surface area contributed by atoms with E-state index in [1.54, 1.807) is 6.07 Å².